The minimum Gasteiger partial charge on any atom is -0.461 e. The Morgan fingerprint density at radius 2 is 1.71 bits per heavy atom. The predicted octanol–water partition coefficient (Wildman–Crippen LogP) is 7.86. The van der Waals surface area contributed by atoms with E-state index in [4.69, 9.17) is 26.1 Å². The summed E-state index contributed by atoms with van der Waals surface area (Å²) in [7, 11) is 0.500. The molecule has 0 aliphatic carbocycles. The Morgan fingerprint density at radius 3 is 2.45 bits per heavy atom. The predicted molar refractivity (Wildman–Crippen MR) is 193 cm³/mol. The molecular formula is C39H49F3N6O. The molecule has 4 aliphatic rings. The van der Waals surface area contributed by atoms with Gasteiger partial charge in [0.1, 0.15) is 29.5 Å². The zero-order chi connectivity index (χ0) is 35.1. The first-order valence-corrected chi connectivity index (χ1v) is 17.9. The number of halogens is 3. The monoisotopic (exact) mass is 674 g/mol. The Bertz CT molecular complexity index is 1800. The number of fused-ring (bicyclic) bond motifs is 4. The van der Waals surface area contributed by atoms with Crippen LogP contribution in [0.5, 0.6) is 6.01 Å². The van der Waals surface area contributed by atoms with Crippen molar-refractivity contribution in [2.24, 2.45) is 0 Å². The summed E-state index contributed by atoms with van der Waals surface area (Å²) < 4.78 is 47.7. The molecule has 0 amide bonds. The molecule has 49 heavy (non-hydrogen) atoms. The lowest BCUT2D eigenvalue weighted by Crippen LogP contribution is -2.52. The third-order valence-electron chi connectivity index (χ3n) is 10.1. The van der Waals surface area contributed by atoms with Crippen LogP contribution >= 0.6 is 0 Å². The lowest BCUT2D eigenvalue weighted by Gasteiger charge is -2.39. The van der Waals surface area contributed by atoms with Gasteiger partial charge in [-0.05, 0) is 69.5 Å². The largest absolute Gasteiger partial charge is 0.461 e. The molecule has 4 aromatic rings. The van der Waals surface area contributed by atoms with Crippen molar-refractivity contribution in [1.82, 2.24) is 25.2 Å². The average molecular weight is 675 g/mol. The quantitative estimate of drug-likeness (QED) is 0.221. The van der Waals surface area contributed by atoms with E-state index < -0.39 is 11.6 Å². The molecule has 0 radical (unpaired) electrons. The van der Waals surface area contributed by atoms with Crippen LogP contribution in [0.4, 0.5) is 19.0 Å². The fraction of sp³-hybridized carbons (Fsp3) is 0.513. The van der Waals surface area contributed by atoms with Gasteiger partial charge in [0.15, 0.2) is 5.82 Å². The maximum absolute atomic E-state index is 16.9. The standard InChI is InChI=1S/C34H34F2N6O.2C2H6.CH3F/c1-2-23-25(35)12-11-21-7-3-9-24(27(21)23)30-29(36)31-28-26(38-30)10-4-8-22-19-37-15-18-42(22)32(28)40-33(39-31)43-20-34-13-5-16-41(34)17-6-14-34;3*1-2/h1,3,7,9,11-12,22,37H,4-6,8,10,13-20H2;2*1-2H3;1H3. The number of hydrogen-bond donors (Lipinski definition) is 1. The number of benzene rings is 2. The minimum absolute atomic E-state index is 0.00720. The fourth-order valence-corrected chi connectivity index (χ4v) is 7.99. The van der Waals surface area contributed by atoms with Gasteiger partial charge in [-0.1, -0.05) is 57.9 Å². The molecule has 1 unspecified atom stereocenters. The molecule has 1 atom stereocenters. The second-order valence-electron chi connectivity index (χ2n) is 12.4. The first kappa shape index (κ1) is 36.3. The van der Waals surface area contributed by atoms with E-state index in [0.29, 0.717) is 42.4 Å². The SMILES string of the molecule is C#Cc1c(F)ccc2cccc(-c3nc4c5c(nc(OCC67CCCN6CCC7)nc5c3F)N3CCNCC3CCC4)c12.CC.CC.CF. The molecule has 3 fully saturated rings. The summed E-state index contributed by atoms with van der Waals surface area (Å²) >= 11 is 0. The van der Waals surface area contributed by atoms with Crippen molar-refractivity contribution in [3.8, 4) is 29.6 Å². The number of nitrogens with zero attached hydrogens (tertiary/aromatic N) is 5. The minimum atomic E-state index is -0.569. The number of piperazine rings is 1. The first-order valence-electron chi connectivity index (χ1n) is 17.9. The fourth-order valence-electron chi connectivity index (χ4n) is 7.99. The Kier molecular flexibility index (Phi) is 12.0. The van der Waals surface area contributed by atoms with Crippen LogP contribution in [0.2, 0.25) is 0 Å². The van der Waals surface area contributed by atoms with E-state index in [1.165, 1.54) is 6.07 Å². The molecule has 262 valence electrons. The second kappa shape index (κ2) is 16.2. The Labute approximate surface area is 288 Å². The first-order chi connectivity index (χ1) is 24.1. The highest BCUT2D eigenvalue weighted by Crippen LogP contribution is 2.42. The van der Waals surface area contributed by atoms with Gasteiger partial charge < -0.3 is 15.0 Å². The Hall–Kier alpha value is -3.94. The van der Waals surface area contributed by atoms with Crippen LogP contribution in [0, 0.1) is 24.0 Å². The number of aryl methyl sites for hydroxylation is 1. The molecule has 7 nitrogen and oxygen atoms in total. The molecule has 8 rings (SSSR count). The van der Waals surface area contributed by atoms with E-state index in [-0.39, 0.29) is 34.4 Å². The number of alkyl halides is 1. The van der Waals surface area contributed by atoms with E-state index in [9.17, 15) is 8.78 Å². The maximum Gasteiger partial charge on any atom is 0.319 e. The van der Waals surface area contributed by atoms with Crippen LogP contribution in [-0.4, -0.2) is 77.9 Å². The number of anilines is 1. The summed E-state index contributed by atoms with van der Waals surface area (Å²) in [4.78, 5) is 19.5. The van der Waals surface area contributed by atoms with E-state index in [2.05, 4.69) is 21.0 Å². The summed E-state index contributed by atoms with van der Waals surface area (Å²) in [5.74, 6) is 2.09. The van der Waals surface area contributed by atoms with Crippen LogP contribution in [0.15, 0.2) is 30.3 Å². The average Bonchev–Trinajstić information content (AvgIpc) is 3.74. The van der Waals surface area contributed by atoms with Gasteiger partial charge >= 0.3 is 6.01 Å². The molecule has 2 aromatic carbocycles. The molecule has 0 spiro atoms. The number of aromatic nitrogens is 3. The summed E-state index contributed by atoms with van der Waals surface area (Å²) in [6.07, 6.45) is 12.8. The third-order valence-corrected chi connectivity index (χ3v) is 10.1. The molecule has 10 heteroatoms. The molecule has 1 N–H and O–H groups in total. The number of pyridine rings is 1. The normalized spacial score (nSPS) is 19.1. The van der Waals surface area contributed by atoms with Crippen molar-refractivity contribution in [3.05, 3.63) is 53.2 Å². The van der Waals surface area contributed by atoms with Crippen molar-refractivity contribution in [2.45, 2.75) is 84.2 Å². The summed E-state index contributed by atoms with van der Waals surface area (Å²) in [5, 5.41) is 5.35. The molecule has 0 bridgehead atoms. The highest BCUT2D eigenvalue weighted by Gasteiger charge is 2.45. The molecule has 6 heterocycles. The van der Waals surface area contributed by atoms with Crippen LogP contribution in [0.3, 0.4) is 0 Å². The molecule has 4 aliphatic heterocycles. The topological polar surface area (TPSA) is 66.4 Å². The van der Waals surface area contributed by atoms with Gasteiger partial charge in [0, 0.05) is 36.6 Å². The number of ether oxygens (including phenoxy) is 1. The van der Waals surface area contributed by atoms with Gasteiger partial charge in [-0.3, -0.25) is 9.29 Å². The van der Waals surface area contributed by atoms with Gasteiger partial charge in [-0.2, -0.15) is 9.97 Å². The zero-order valence-electron chi connectivity index (χ0n) is 29.5. The zero-order valence-corrected chi connectivity index (χ0v) is 29.5. The molecular weight excluding hydrogens is 625 g/mol. The highest BCUT2D eigenvalue weighted by atomic mass is 19.1. The summed E-state index contributed by atoms with van der Waals surface area (Å²) in [5.41, 5.74) is 1.63. The van der Waals surface area contributed by atoms with Crippen molar-refractivity contribution >= 4 is 27.5 Å². The molecule has 3 saturated heterocycles. The lowest BCUT2D eigenvalue weighted by atomic mass is 9.94. The number of terminal acetylenes is 1. The van der Waals surface area contributed by atoms with E-state index in [1.807, 2.05) is 39.8 Å². The Morgan fingerprint density at radius 1 is 0.959 bits per heavy atom. The smallest absolute Gasteiger partial charge is 0.319 e. The highest BCUT2D eigenvalue weighted by molar-refractivity contribution is 6.02. The van der Waals surface area contributed by atoms with Gasteiger partial charge in [-0.15, -0.1) is 6.42 Å². The third kappa shape index (κ3) is 6.68. The van der Waals surface area contributed by atoms with Crippen LogP contribution < -0.4 is 15.0 Å². The number of nitrogens with one attached hydrogen (secondary N) is 1. The van der Waals surface area contributed by atoms with Crippen molar-refractivity contribution in [3.63, 3.8) is 0 Å². The van der Waals surface area contributed by atoms with Crippen LogP contribution in [0.1, 0.15) is 77.5 Å². The molecule has 0 saturated carbocycles. The van der Waals surface area contributed by atoms with Gasteiger partial charge in [0.25, 0.3) is 0 Å². The number of rotatable bonds is 4. The second-order valence-corrected chi connectivity index (χ2v) is 12.4. The van der Waals surface area contributed by atoms with Crippen molar-refractivity contribution in [1.29, 1.82) is 0 Å². The van der Waals surface area contributed by atoms with Crippen LogP contribution in [-0.2, 0) is 6.42 Å². The van der Waals surface area contributed by atoms with E-state index in [0.717, 1.165) is 82.3 Å². The van der Waals surface area contributed by atoms with Crippen molar-refractivity contribution in [2.75, 3.05) is 51.4 Å². The Balaban J connectivity index is 0.000000742. The van der Waals surface area contributed by atoms with Gasteiger partial charge in [-0.25, -0.2) is 13.8 Å². The van der Waals surface area contributed by atoms with Gasteiger partial charge in [0.05, 0.1) is 29.4 Å². The van der Waals surface area contributed by atoms with Crippen molar-refractivity contribution < 1.29 is 17.9 Å². The lowest BCUT2D eigenvalue weighted by molar-refractivity contribution is 0.108. The summed E-state index contributed by atoms with van der Waals surface area (Å²) in [6, 6.07) is 8.89. The van der Waals surface area contributed by atoms with Crippen LogP contribution in [0.25, 0.3) is 32.9 Å². The number of hydrogen-bond acceptors (Lipinski definition) is 7. The molecule has 2 aromatic heterocycles. The maximum atomic E-state index is 16.9. The van der Waals surface area contributed by atoms with E-state index >= 15 is 4.39 Å². The van der Waals surface area contributed by atoms with Gasteiger partial charge in [0.2, 0.25) is 0 Å². The summed E-state index contributed by atoms with van der Waals surface area (Å²) in [6.45, 7) is 13.1. The van der Waals surface area contributed by atoms with E-state index in [1.54, 1.807) is 12.1 Å².